The number of likely N-dealkylation sites (tertiary alicyclic amines) is 1. The van der Waals surface area contributed by atoms with Crippen molar-refractivity contribution >= 4 is 20.1 Å². The molecule has 1 aliphatic rings. The van der Waals surface area contributed by atoms with E-state index in [1.54, 1.807) is 0 Å². The van der Waals surface area contributed by atoms with Crippen LogP contribution in [0.25, 0.3) is 0 Å². The van der Waals surface area contributed by atoms with Crippen molar-refractivity contribution in [2.24, 2.45) is 0 Å². The number of hydrogen-bond acceptors (Lipinski definition) is 2. The van der Waals surface area contributed by atoms with E-state index in [-0.39, 0.29) is 6.10 Å². The van der Waals surface area contributed by atoms with Crippen LogP contribution in [0.4, 0.5) is 0 Å². The van der Waals surface area contributed by atoms with Crippen molar-refractivity contribution in [3.63, 3.8) is 0 Å². The van der Waals surface area contributed by atoms with E-state index in [0.29, 0.717) is 0 Å². The number of aliphatic hydroxyl groups is 1. The van der Waals surface area contributed by atoms with E-state index in [2.05, 4.69) is 20.5 Å². The summed E-state index contributed by atoms with van der Waals surface area (Å²) in [6.07, 6.45) is 3.16. The van der Waals surface area contributed by atoms with Crippen LogP contribution in [0.3, 0.4) is 0 Å². The minimum atomic E-state index is -0.216. The first-order chi connectivity index (χ1) is 5.20. The molecule has 0 bridgehead atoms. The molecule has 1 rings (SSSR count). The van der Waals surface area contributed by atoms with Gasteiger partial charge in [0.25, 0.3) is 0 Å². The molecule has 1 N–H and O–H groups in total. The van der Waals surface area contributed by atoms with E-state index in [9.17, 15) is 0 Å². The molecular formula is C8H15NOSe. The first kappa shape index (κ1) is 9.24. The Hall–Kier alpha value is 0.149. The molecule has 64 valence electrons. The van der Waals surface area contributed by atoms with Crippen LogP contribution < -0.4 is 0 Å². The maximum atomic E-state index is 9.12. The van der Waals surface area contributed by atoms with Crippen LogP contribution in [0.5, 0.6) is 0 Å². The van der Waals surface area contributed by atoms with Gasteiger partial charge in [0.2, 0.25) is 0 Å². The number of aliphatic hydroxyl groups excluding tert-OH is 1. The van der Waals surface area contributed by atoms with Crippen LogP contribution in [-0.4, -0.2) is 49.3 Å². The molecule has 0 saturated carbocycles. The van der Waals surface area contributed by atoms with Crippen molar-refractivity contribution in [2.75, 3.05) is 13.1 Å². The van der Waals surface area contributed by atoms with Crippen molar-refractivity contribution in [2.45, 2.75) is 32.3 Å². The van der Waals surface area contributed by atoms with Crippen molar-refractivity contribution in [3.8, 4) is 0 Å². The van der Waals surface area contributed by atoms with Crippen LogP contribution in [0.15, 0.2) is 0 Å². The number of nitrogens with zero attached hydrogens (tertiary/aromatic N) is 1. The molecule has 1 unspecified atom stereocenters. The third kappa shape index (κ3) is 2.94. The van der Waals surface area contributed by atoms with Gasteiger partial charge in [-0.05, 0) is 0 Å². The van der Waals surface area contributed by atoms with E-state index in [0.717, 1.165) is 19.5 Å². The normalized spacial score (nSPS) is 20.4. The fraction of sp³-hybridized carbons (Fsp3) is 0.875. The second-order valence-electron chi connectivity index (χ2n) is 3.14. The zero-order chi connectivity index (χ0) is 8.27. The molecule has 1 heterocycles. The Morgan fingerprint density at radius 3 is 2.55 bits per heavy atom. The van der Waals surface area contributed by atoms with Gasteiger partial charge in [-0.3, -0.25) is 0 Å². The summed E-state index contributed by atoms with van der Waals surface area (Å²) in [5, 5.41) is 9.12. The molecule has 0 aromatic rings. The topological polar surface area (TPSA) is 23.5 Å². The van der Waals surface area contributed by atoms with Gasteiger partial charge in [-0.1, -0.05) is 0 Å². The molecule has 11 heavy (non-hydrogen) atoms. The summed E-state index contributed by atoms with van der Waals surface area (Å²) in [6.45, 7) is 4.15. The van der Waals surface area contributed by atoms with Gasteiger partial charge in [0, 0.05) is 0 Å². The van der Waals surface area contributed by atoms with Gasteiger partial charge < -0.3 is 0 Å². The molecule has 1 saturated heterocycles. The summed E-state index contributed by atoms with van der Waals surface area (Å²) in [5.41, 5.74) is 0. The molecule has 0 aromatic carbocycles. The molecule has 0 aromatic heterocycles. The quantitative estimate of drug-likeness (QED) is 0.684. The average molecular weight is 220 g/mol. The van der Waals surface area contributed by atoms with E-state index in [4.69, 9.17) is 5.11 Å². The van der Waals surface area contributed by atoms with E-state index >= 15 is 0 Å². The van der Waals surface area contributed by atoms with E-state index < -0.39 is 0 Å². The first-order valence-corrected chi connectivity index (χ1v) is 5.01. The Kier molecular flexibility index (Phi) is 3.56. The molecule has 3 heteroatoms. The summed E-state index contributed by atoms with van der Waals surface area (Å²) in [6, 6.07) is 0. The molecule has 1 aliphatic heterocycles. The predicted molar refractivity (Wildman–Crippen MR) is 47.9 cm³/mol. The van der Waals surface area contributed by atoms with E-state index in [1.165, 1.54) is 17.4 Å². The molecule has 0 amide bonds. The fourth-order valence-corrected chi connectivity index (χ4v) is 2.24. The van der Waals surface area contributed by atoms with Gasteiger partial charge in [-0.25, -0.2) is 0 Å². The molecule has 0 aliphatic carbocycles. The third-order valence-corrected chi connectivity index (χ3v) is 2.82. The number of rotatable bonds is 3. The second kappa shape index (κ2) is 4.24. The van der Waals surface area contributed by atoms with Crippen molar-refractivity contribution in [1.29, 1.82) is 0 Å². The van der Waals surface area contributed by atoms with Crippen LogP contribution >= 0.6 is 0 Å². The van der Waals surface area contributed by atoms with Crippen molar-refractivity contribution in [3.05, 3.63) is 0 Å². The summed E-state index contributed by atoms with van der Waals surface area (Å²) in [4.78, 5) is 2.33. The van der Waals surface area contributed by atoms with Crippen LogP contribution in [0.1, 0.15) is 26.2 Å². The first-order valence-electron chi connectivity index (χ1n) is 4.16. The number of hydrogen-bond donors (Lipinski definition) is 1. The Bertz CT molecular complexity index is 141. The third-order valence-electron chi connectivity index (χ3n) is 1.93. The van der Waals surface area contributed by atoms with Crippen LogP contribution in [0.2, 0.25) is 0 Å². The minimum absolute atomic E-state index is 0.216. The van der Waals surface area contributed by atoms with Crippen molar-refractivity contribution < 1.29 is 5.11 Å². The van der Waals surface area contributed by atoms with Gasteiger partial charge in [-0.2, -0.15) is 0 Å². The summed E-state index contributed by atoms with van der Waals surface area (Å²) in [5.74, 6) is 0. The Balaban J connectivity index is 2.28. The zero-order valence-corrected chi connectivity index (χ0v) is 8.63. The van der Waals surface area contributed by atoms with E-state index in [1.807, 2.05) is 6.92 Å². The fourth-order valence-electron chi connectivity index (χ4n) is 1.35. The monoisotopic (exact) mass is 221 g/mol. The second-order valence-corrected chi connectivity index (χ2v) is 4.13. The van der Waals surface area contributed by atoms with Crippen LogP contribution in [0, 0.1) is 0 Å². The zero-order valence-electron chi connectivity index (χ0n) is 6.92. The Morgan fingerprint density at radius 1 is 1.55 bits per heavy atom. The Morgan fingerprint density at radius 2 is 2.09 bits per heavy atom. The molecule has 0 radical (unpaired) electrons. The summed E-state index contributed by atoms with van der Waals surface area (Å²) >= 11 is 3.03. The van der Waals surface area contributed by atoms with Gasteiger partial charge in [0.15, 0.2) is 0 Å². The molecule has 0 spiro atoms. The summed E-state index contributed by atoms with van der Waals surface area (Å²) < 4.78 is 1.22. The van der Waals surface area contributed by atoms with Gasteiger partial charge in [0.05, 0.1) is 0 Å². The van der Waals surface area contributed by atoms with Gasteiger partial charge in [0.1, 0.15) is 0 Å². The standard InChI is InChI=1S/C8H15NOSe/c1-7(10)6-8(11)9-4-2-3-5-9/h7,10H,2-6H2,1H3. The van der Waals surface area contributed by atoms with Crippen molar-refractivity contribution in [1.82, 2.24) is 4.90 Å². The average Bonchev–Trinajstić information content (AvgIpc) is 2.35. The molecule has 2 nitrogen and oxygen atoms in total. The predicted octanol–water partition coefficient (Wildman–Crippen LogP) is 0.151. The SMILES string of the molecule is CC(O)CC(=[Se])N1CCCC1. The molecular weight excluding hydrogens is 205 g/mol. The van der Waals surface area contributed by atoms with Crippen LogP contribution in [-0.2, 0) is 0 Å². The van der Waals surface area contributed by atoms with Gasteiger partial charge >= 0.3 is 75.5 Å². The maximum absolute atomic E-state index is 9.12. The Labute approximate surface area is 75.9 Å². The molecule has 1 fully saturated rings. The summed E-state index contributed by atoms with van der Waals surface area (Å²) in [7, 11) is 0. The molecule has 1 atom stereocenters. The van der Waals surface area contributed by atoms with Gasteiger partial charge in [-0.15, -0.1) is 0 Å².